The number of aromatic nitrogens is 4. The Morgan fingerprint density at radius 1 is 0.500 bits per heavy atom. The Balaban J connectivity index is 3.03. The van der Waals surface area contributed by atoms with Crippen LogP contribution in [0.3, 0.4) is 0 Å². The van der Waals surface area contributed by atoms with Gasteiger partial charge < -0.3 is 9.80 Å². The Kier molecular flexibility index (Phi) is 5.65. The summed E-state index contributed by atoms with van der Waals surface area (Å²) >= 11 is 0. The molecule has 0 aliphatic rings. The minimum absolute atomic E-state index is 0.316. The molecule has 0 spiro atoms. The SMILES string of the molecule is CC(C)N(c1nnc(N(C(C)C)C(C)C)nn1)C(C)C. The van der Waals surface area contributed by atoms with Crippen molar-refractivity contribution in [2.24, 2.45) is 0 Å². The standard InChI is InChI=1S/C14H28N6/c1-9(2)19(10(3)4)13-15-17-14(18-16-13)20(11(5)6)12(7)8/h9-12H,1-8H3. The highest BCUT2D eigenvalue weighted by molar-refractivity contribution is 5.34. The van der Waals surface area contributed by atoms with Crippen molar-refractivity contribution in [2.75, 3.05) is 9.80 Å². The molecule has 0 aliphatic heterocycles. The van der Waals surface area contributed by atoms with E-state index in [0.29, 0.717) is 36.1 Å². The molecule has 0 N–H and O–H groups in total. The van der Waals surface area contributed by atoms with Crippen molar-refractivity contribution in [1.82, 2.24) is 20.4 Å². The summed E-state index contributed by atoms with van der Waals surface area (Å²) in [4.78, 5) is 4.22. The van der Waals surface area contributed by atoms with Crippen LogP contribution in [0.1, 0.15) is 55.4 Å². The van der Waals surface area contributed by atoms with Gasteiger partial charge in [0, 0.05) is 24.2 Å². The van der Waals surface area contributed by atoms with Crippen LogP contribution in [0, 0.1) is 0 Å². The van der Waals surface area contributed by atoms with E-state index in [9.17, 15) is 0 Å². The maximum atomic E-state index is 4.27. The van der Waals surface area contributed by atoms with Gasteiger partial charge in [-0.3, -0.25) is 0 Å². The quantitative estimate of drug-likeness (QED) is 0.798. The predicted molar refractivity (Wildman–Crippen MR) is 83.1 cm³/mol. The van der Waals surface area contributed by atoms with Crippen molar-refractivity contribution in [3.63, 3.8) is 0 Å². The molecule has 6 nitrogen and oxygen atoms in total. The fourth-order valence-electron chi connectivity index (χ4n) is 2.54. The number of anilines is 2. The van der Waals surface area contributed by atoms with Crippen LogP contribution in [-0.4, -0.2) is 44.6 Å². The summed E-state index contributed by atoms with van der Waals surface area (Å²) in [5, 5.41) is 17.1. The maximum Gasteiger partial charge on any atom is 0.265 e. The largest absolute Gasteiger partial charge is 0.333 e. The molecule has 1 aromatic rings. The van der Waals surface area contributed by atoms with Gasteiger partial charge in [-0.25, -0.2) is 0 Å². The summed E-state index contributed by atoms with van der Waals surface area (Å²) in [5.41, 5.74) is 0. The highest BCUT2D eigenvalue weighted by Crippen LogP contribution is 2.17. The van der Waals surface area contributed by atoms with Gasteiger partial charge in [-0.2, -0.15) is 0 Å². The van der Waals surface area contributed by atoms with E-state index in [4.69, 9.17) is 0 Å². The molecular formula is C14H28N6. The molecule has 0 atom stereocenters. The van der Waals surface area contributed by atoms with Crippen LogP contribution < -0.4 is 9.80 Å². The lowest BCUT2D eigenvalue weighted by Crippen LogP contribution is -2.41. The number of hydrogen-bond acceptors (Lipinski definition) is 6. The fraction of sp³-hybridized carbons (Fsp3) is 0.857. The second-order valence-corrected chi connectivity index (χ2v) is 6.19. The van der Waals surface area contributed by atoms with E-state index in [1.807, 2.05) is 0 Å². The second kappa shape index (κ2) is 6.81. The number of nitrogens with zero attached hydrogens (tertiary/aromatic N) is 6. The summed E-state index contributed by atoms with van der Waals surface area (Å²) in [7, 11) is 0. The molecule has 0 aliphatic carbocycles. The highest BCUT2D eigenvalue weighted by Gasteiger charge is 2.21. The van der Waals surface area contributed by atoms with Crippen LogP contribution in [-0.2, 0) is 0 Å². The molecule has 0 radical (unpaired) electrons. The molecule has 0 aromatic carbocycles. The Bertz CT molecular complexity index is 344. The van der Waals surface area contributed by atoms with Crippen LogP contribution in [0.25, 0.3) is 0 Å². The molecule has 6 heteroatoms. The Morgan fingerprint density at radius 2 is 0.700 bits per heavy atom. The minimum Gasteiger partial charge on any atom is -0.333 e. The van der Waals surface area contributed by atoms with Crippen LogP contribution in [0.15, 0.2) is 0 Å². The summed E-state index contributed by atoms with van der Waals surface area (Å²) < 4.78 is 0. The third kappa shape index (κ3) is 3.77. The molecule has 0 saturated heterocycles. The van der Waals surface area contributed by atoms with Gasteiger partial charge in [0.1, 0.15) is 0 Å². The lowest BCUT2D eigenvalue weighted by Gasteiger charge is -2.32. The molecule has 114 valence electrons. The van der Waals surface area contributed by atoms with Gasteiger partial charge in [0.15, 0.2) is 0 Å². The maximum absolute atomic E-state index is 4.27. The summed E-state index contributed by atoms with van der Waals surface area (Å²) in [6.45, 7) is 16.9. The zero-order valence-corrected chi connectivity index (χ0v) is 14.0. The van der Waals surface area contributed by atoms with Crippen molar-refractivity contribution in [2.45, 2.75) is 79.6 Å². The van der Waals surface area contributed by atoms with Gasteiger partial charge in [-0.15, -0.1) is 20.4 Å². The van der Waals surface area contributed by atoms with Gasteiger partial charge in [-0.1, -0.05) is 0 Å². The Labute approximate surface area is 122 Å². The number of hydrogen-bond donors (Lipinski definition) is 0. The molecule has 0 saturated carbocycles. The van der Waals surface area contributed by atoms with Gasteiger partial charge in [0.2, 0.25) is 0 Å². The first-order chi connectivity index (χ1) is 9.25. The van der Waals surface area contributed by atoms with E-state index in [-0.39, 0.29) is 0 Å². The molecular weight excluding hydrogens is 252 g/mol. The Hall–Kier alpha value is -1.46. The van der Waals surface area contributed by atoms with Crippen molar-refractivity contribution < 1.29 is 0 Å². The fourth-order valence-corrected chi connectivity index (χ4v) is 2.54. The van der Waals surface area contributed by atoms with Crippen molar-refractivity contribution in [3.8, 4) is 0 Å². The van der Waals surface area contributed by atoms with E-state index in [0.717, 1.165) is 0 Å². The molecule has 0 unspecified atom stereocenters. The lowest BCUT2D eigenvalue weighted by atomic mass is 10.2. The third-order valence-electron chi connectivity index (χ3n) is 3.15. The lowest BCUT2D eigenvalue weighted by molar-refractivity contribution is 0.556. The van der Waals surface area contributed by atoms with E-state index in [1.54, 1.807) is 0 Å². The van der Waals surface area contributed by atoms with Crippen molar-refractivity contribution in [3.05, 3.63) is 0 Å². The molecule has 0 fully saturated rings. The zero-order chi connectivity index (χ0) is 15.4. The second-order valence-electron chi connectivity index (χ2n) is 6.19. The summed E-state index contributed by atoms with van der Waals surface area (Å²) in [6, 6.07) is 1.26. The predicted octanol–water partition coefficient (Wildman–Crippen LogP) is 2.51. The molecule has 1 heterocycles. The van der Waals surface area contributed by atoms with Crippen LogP contribution in [0.2, 0.25) is 0 Å². The molecule has 1 aromatic heterocycles. The van der Waals surface area contributed by atoms with E-state index < -0.39 is 0 Å². The van der Waals surface area contributed by atoms with Crippen molar-refractivity contribution >= 4 is 11.9 Å². The van der Waals surface area contributed by atoms with Gasteiger partial charge >= 0.3 is 0 Å². The highest BCUT2D eigenvalue weighted by atomic mass is 15.5. The van der Waals surface area contributed by atoms with Gasteiger partial charge in [0.05, 0.1) is 0 Å². The number of rotatable bonds is 6. The average molecular weight is 280 g/mol. The summed E-state index contributed by atoms with van der Waals surface area (Å²) in [5.74, 6) is 1.18. The van der Waals surface area contributed by atoms with Gasteiger partial charge in [-0.05, 0) is 55.4 Å². The molecule has 20 heavy (non-hydrogen) atoms. The third-order valence-corrected chi connectivity index (χ3v) is 3.15. The molecule has 0 amide bonds. The van der Waals surface area contributed by atoms with E-state index in [1.165, 1.54) is 0 Å². The van der Waals surface area contributed by atoms with E-state index >= 15 is 0 Å². The minimum atomic E-state index is 0.316. The smallest absolute Gasteiger partial charge is 0.265 e. The van der Waals surface area contributed by atoms with Crippen LogP contribution >= 0.6 is 0 Å². The topological polar surface area (TPSA) is 58.0 Å². The van der Waals surface area contributed by atoms with Crippen LogP contribution in [0.5, 0.6) is 0 Å². The zero-order valence-electron chi connectivity index (χ0n) is 14.0. The first-order valence-corrected chi connectivity index (χ1v) is 7.39. The molecule has 1 rings (SSSR count). The molecule has 0 bridgehead atoms. The summed E-state index contributed by atoms with van der Waals surface area (Å²) in [6.07, 6.45) is 0. The van der Waals surface area contributed by atoms with Crippen molar-refractivity contribution in [1.29, 1.82) is 0 Å². The normalized spacial score (nSPS) is 11.8. The van der Waals surface area contributed by atoms with Crippen LogP contribution in [0.4, 0.5) is 11.9 Å². The first kappa shape index (κ1) is 16.6. The monoisotopic (exact) mass is 280 g/mol. The first-order valence-electron chi connectivity index (χ1n) is 7.39. The average Bonchev–Trinajstić information content (AvgIpc) is 2.29. The van der Waals surface area contributed by atoms with Gasteiger partial charge in [0.25, 0.3) is 11.9 Å². The Morgan fingerprint density at radius 3 is 0.850 bits per heavy atom. The van der Waals surface area contributed by atoms with E-state index in [2.05, 4.69) is 85.6 Å².